The van der Waals surface area contributed by atoms with Gasteiger partial charge in [-0.2, -0.15) is 0 Å². The summed E-state index contributed by atoms with van der Waals surface area (Å²) < 4.78 is 8.42. The van der Waals surface area contributed by atoms with Crippen molar-refractivity contribution in [1.82, 2.24) is 19.6 Å². The molecule has 1 N–H and O–H groups in total. The monoisotopic (exact) mass is 449 g/mol. The van der Waals surface area contributed by atoms with Crippen LogP contribution in [0.5, 0.6) is 5.75 Å². The summed E-state index contributed by atoms with van der Waals surface area (Å²) in [7, 11) is 1.64. The van der Waals surface area contributed by atoms with Crippen molar-refractivity contribution >= 4 is 60.9 Å². The van der Waals surface area contributed by atoms with Crippen LogP contribution in [0.1, 0.15) is 12.5 Å². The van der Waals surface area contributed by atoms with Crippen LogP contribution in [0.25, 0.3) is 26.8 Å². The highest BCUT2D eigenvalue weighted by Gasteiger charge is 2.21. The third-order valence-corrected chi connectivity index (χ3v) is 7.04. The molecular formula is C22H19N5O2S2. The van der Waals surface area contributed by atoms with Crippen molar-refractivity contribution in [3.05, 3.63) is 54.1 Å². The molecule has 0 aliphatic rings. The van der Waals surface area contributed by atoms with Crippen molar-refractivity contribution in [2.24, 2.45) is 0 Å². The minimum atomic E-state index is -0.388. The van der Waals surface area contributed by atoms with Crippen LogP contribution in [0.15, 0.2) is 53.7 Å². The van der Waals surface area contributed by atoms with Crippen LogP contribution >= 0.6 is 23.1 Å². The Morgan fingerprint density at radius 3 is 2.84 bits per heavy atom. The zero-order valence-electron chi connectivity index (χ0n) is 17.1. The smallest absolute Gasteiger partial charge is 0.239 e. The van der Waals surface area contributed by atoms with Gasteiger partial charge in [0.2, 0.25) is 5.91 Å². The third kappa shape index (κ3) is 3.60. The number of anilines is 1. The highest BCUT2D eigenvalue weighted by molar-refractivity contribution is 8.00. The number of fused-ring (bicyclic) bond motifs is 4. The van der Waals surface area contributed by atoms with E-state index < -0.39 is 0 Å². The van der Waals surface area contributed by atoms with Gasteiger partial charge in [-0.15, -0.1) is 10.2 Å². The Labute approximate surface area is 186 Å². The van der Waals surface area contributed by atoms with Crippen molar-refractivity contribution in [3.63, 3.8) is 0 Å². The average Bonchev–Trinajstić information content (AvgIpc) is 3.36. The number of nitrogens with one attached hydrogen (secondary N) is 1. The van der Waals surface area contributed by atoms with Crippen LogP contribution < -0.4 is 10.1 Å². The largest absolute Gasteiger partial charge is 0.497 e. The predicted octanol–water partition coefficient (Wildman–Crippen LogP) is 4.93. The number of carbonyl (C=O) groups excluding carboxylic acids is 1. The van der Waals surface area contributed by atoms with Gasteiger partial charge >= 0.3 is 0 Å². The van der Waals surface area contributed by atoms with Gasteiger partial charge in [0.05, 0.1) is 28.1 Å². The van der Waals surface area contributed by atoms with E-state index in [0.29, 0.717) is 10.3 Å². The number of pyridine rings is 1. The number of rotatable bonds is 5. The predicted molar refractivity (Wildman–Crippen MR) is 125 cm³/mol. The molecule has 3 heterocycles. The summed E-state index contributed by atoms with van der Waals surface area (Å²) in [5, 5.41) is 13.5. The average molecular weight is 450 g/mol. The van der Waals surface area contributed by atoms with Crippen molar-refractivity contribution in [1.29, 1.82) is 0 Å². The molecule has 3 aromatic heterocycles. The molecule has 9 heteroatoms. The van der Waals surface area contributed by atoms with Gasteiger partial charge in [0.25, 0.3) is 0 Å². The number of benzene rings is 2. The first-order valence-corrected chi connectivity index (χ1v) is 11.4. The number of thiazole rings is 1. The number of aromatic nitrogens is 4. The first-order valence-electron chi connectivity index (χ1n) is 9.69. The van der Waals surface area contributed by atoms with Crippen LogP contribution in [0.4, 0.5) is 5.13 Å². The fourth-order valence-corrected chi connectivity index (χ4v) is 5.19. The summed E-state index contributed by atoms with van der Waals surface area (Å²) in [5.41, 5.74) is 3.67. The second-order valence-corrected chi connectivity index (χ2v) is 9.46. The molecule has 1 atom stereocenters. The highest BCUT2D eigenvalue weighted by Crippen LogP contribution is 2.31. The molecule has 5 rings (SSSR count). The molecule has 0 aliphatic carbocycles. The van der Waals surface area contributed by atoms with Gasteiger partial charge in [0, 0.05) is 11.5 Å². The number of hydrogen-bond donors (Lipinski definition) is 1. The van der Waals surface area contributed by atoms with E-state index in [-0.39, 0.29) is 11.2 Å². The Kier molecular flexibility index (Phi) is 4.99. The van der Waals surface area contributed by atoms with E-state index in [1.165, 1.54) is 23.1 Å². The van der Waals surface area contributed by atoms with Crippen LogP contribution in [0.3, 0.4) is 0 Å². The third-order valence-electron chi connectivity index (χ3n) is 5.05. The van der Waals surface area contributed by atoms with Crippen molar-refractivity contribution in [2.45, 2.75) is 24.3 Å². The molecule has 0 saturated heterocycles. The number of carbonyl (C=O) groups is 1. The van der Waals surface area contributed by atoms with Crippen molar-refractivity contribution in [2.75, 3.05) is 12.4 Å². The van der Waals surface area contributed by atoms with Crippen LogP contribution in [-0.2, 0) is 4.79 Å². The molecule has 156 valence electrons. The van der Waals surface area contributed by atoms with Crippen molar-refractivity contribution < 1.29 is 9.53 Å². The van der Waals surface area contributed by atoms with Gasteiger partial charge in [0.1, 0.15) is 5.75 Å². The van der Waals surface area contributed by atoms with E-state index in [9.17, 15) is 4.79 Å². The number of methoxy groups -OCH3 is 1. The lowest BCUT2D eigenvalue weighted by Crippen LogP contribution is -2.22. The van der Waals surface area contributed by atoms with Gasteiger partial charge < -0.3 is 10.1 Å². The fourth-order valence-electron chi connectivity index (χ4n) is 3.45. The Morgan fingerprint density at radius 1 is 1.19 bits per heavy atom. The van der Waals surface area contributed by atoms with E-state index >= 15 is 0 Å². The number of ether oxygens (including phenoxy) is 1. The quantitative estimate of drug-likeness (QED) is 0.383. The van der Waals surface area contributed by atoms with Gasteiger partial charge in [-0.3, -0.25) is 9.20 Å². The van der Waals surface area contributed by atoms with Crippen LogP contribution in [-0.4, -0.2) is 37.8 Å². The zero-order chi connectivity index (χ0) is 21.5. The molecule has 5 aromatic rings. The molecule has 0 aliphatic heterocycles. The van der Waals surface area contributed by atoms with E-state index in [4.69, 9.17) is 4.74 Å². The summed E-state index contributed by atoms with van der Waals surface area (Å²) in [6.45, 7) is 3.90. The summed E-state index contributed by atoms with van der Waals surface area (Å²) in [5.74, 6) is 0.625. The number of thioether (sulfide) groups is 1. The number of para-hydroxylation sites is 1. The lowest BCUT2D eigenvalue weighted by atomic mass is 10.1. The van der Waals surface area contributed by atoms with Gasteiger partial charge in [0.15, 0.2) is 15.9 Å². The molecule has 0 bridgehead atoms. The Bertz CT molecular complexity index is 1410. The summed E-state index contributed by atoms with van der Waals surface area (Å²) in [6, 6.07) is 15.7. The molecule has 7 nitrogen and oxygen atoms in total. The first-order chi connectivity index (χ1) is 15.0. The SMILES string of the molecule is COc1ccc2c(C)cc3nnc(SC(C)C(=O)Nc4nc5ccccc5s4)n3c2c1. The lowest BCUT2D eigenvalue weighted by molar-refractivity contribution is -0.115. The van der Waals surface area contributed by atoms with E-state index in [0.717, 1.165) is 38.1 Å². The summed E-state index contributed by atoms with van der Waals surface area (Å²) >= 11 is 2.82. The maximum atomic E-state index is 12.8. The lowest BCUT2D eigenvalue weighted by Gasteiger charge is -2.12. The summed E-state index contributed by atoms with van der Waals surface area (Å²) in [6.07, 6.45) is 0. The molecule has 0 saturated carbocycles. The normalized spacial score (nSPS) is 12.5. The number of aryl methyl sites for hydroxylation is 1. The first kappa shape index (κ1) is 19.8. The molecule has 0 spiro atoms. The van der Waals surface area contributed by atoms with Gasteiger partial charge in [-0.1, -0.05) is 35.2 Å². The van der Waals surface area contributed by atoms with Crippen LogP contribution in [0, 0.1) is 6.92 Å². The number of hydrogen-bond acceptors (Lipinski definition) is 7. The van der Waals surface area contributed by atoms with E-state index in [2.05, 4.69) is 20.5 Å². The van der Waals surface area contributed by atoms with Crippen molar-refractivity contribution in [3.8, 4) is 5.75 Å². The molecule has 1 amide bonds. The second-order valence-electron chi connectivity index (χ2n) is 7.12. The molecule has 31 heavy (non-hydrogen) atoms. The second kappa shape index (κ2) is 7.82. The molecule has 2 aromatic carbocycles. The minimum absolute atomic E-state index is 0.130. The number of amides is 1. The Hall–Kier alpha value is -3.17. The Morgan fingerprint density at radius 2 is 2.03 bits per heavy atom. The Balaban J connectivity index is 1.45. The van der Waals surface area contributed by atoms with E-state index in [1.54, 1.807) is 7.11 Å². The summed E-state index contributed by atoms with van der Waals surface area (Å²) in [4.78, 5) is 17.3. The van der Waals surface area contributed by atoms with Crippen LogP contribution in [0.2, 0.25) is 0 Å². The molecule has 1 unspecified atom stereocenters. The zero-order valence-corrected chi connectivity index (χ0v) is 18.8. The molecular weight excluding hydrogens is 430 g/mol. The fraction of sp³-hybridized carbons (Fsp3) is 0.182. The number of nitrogens with zero attached hydrogens (tertiary/aromatic N) is 4. The maximum Gasteiger partial charge on any atom is 0.239 e. The standard InChI is InChI=1S/C22H19N5O2S2/c1-12-10-19-25-26-22(27(19)17-11-14(29-3)8-9-15(12)17)30-13(2)20(28)24-21-23-16-6-4-5-7-18(16)31-21/h4-11,13H,1-3H3,(H,23,24,28). The minimum Gasteiger partial charge on any atom is -0.497 e. The highest BCUT2D eigenvalue weighted by atomic mass is 32.2. The van der Waals surface area contributed by atoms with Gasteiger partial charge in [-0.05, 0) is 49.7 Å². The molecule has 0 radical (unpaired) electrons. The molecule has 0 fully saturated rings. The topological polar surface area (TPSA) is 81.4 Å². The van der Waals surface area contributed by atoms with Gasteiger partial charge in [-0.25, -0.2) is 4.98 Å². The maximum absolute atomic E-state index is 12.8. The van der Waals surface area contributed by atoms with E-state index in [1.807, 2.05) is 66.8 Å².